The Morgan fingerprint density at radius 1 is 0.816 bits per heavy atom. The van der Waals surface area contributed by atoms with Crippen LogP contribution in [0.15, 0.2) is 30.3 Å². The molecule has 3 nitrogen and oxygen atoms in total. The van der Waals surface area contributed by atoms with Gasteiger partial charge >= 0.3 is 0 Å². The second-order valence-corrected chi connectivity index (χ2v) is 11.1. The topological polar surface area (TPSA) is 21.5 Å². The summed E-state index contributed by atoms with van der Waals surface area (Å²) in [6, 6.07) is 10.3. The number of hydrogen-bond acceptors (Lipinski definition) is 2. The van der Waals surface area contributed by atoms with Gasteiger partial charge in [-0.1, -0.05) is 101 Å². The van der Waals surface area contributed by atoms with Crippen molar-refractivity contribution in [1.82, 2.24) is 0 Å². The van der Waals surface area contributed by atoms with Crippen molar-refractivity contribution in [1.29, 1.82) is 0 Å². The zero-order valence-electron chi connectivity index (χ0n) is 23.6. The lowest BCUT2D eigenvalue weighted by atomic mass is 9.92. The van der Waals surface area contributed by atoms with E-state index in [1.165, 1.54) is 86.6 Å². The molecule has 0 radical (unpaired) electrons. The third-order valence-electron chi connectivity index (χ3n) is 7.39. The summed E-state index contributed by atoms with van der Waals surface area (Å²) in [5, 5.41) is 1.22. The van der Waals surface area contributed by atoms with Crippen LogP contribution in [0.25, 0.3) is 0 Å². The summed E-state index contributed by atoms with van der Waals surface area (Å²) in [5.41, 5.74) is 5.23. The smallest absolute Gasteiger partial charge is 0.184 e. The molecule has 38 heavy (non-hydrogen) atoms. The summed E-state index contributed by atoms with van der Waals surface area (Å²) < 4.78 is 14.7. The van der Waals surface area contributed by atoms with E-state index in [4.69, 9.17) is 32.7 Å². The second kappa shape index (κ2) is 18.4. The molecule has 0 saturated carbocycles. The number of fused-ring (bicyclic) bond motifs is 1. The second-order valence-electron chi connectivity index (χ2n) is 10.3. The van der Waals surface area contributed by atoms with Crippen molar-refractivity contribution in [2.45, 2.75) is 104 Å². The van der Waals surface area contributed by atoms with Crippen LogP contribution in [0.4, 0.5) is 0 Å². The zero-order chi connectivity index (χ0) is 26.5. The standard InChI is InChI=1S/C32H46Cl2NO2.HI/c1-4-6-8-10-12-14-22-37-32-27-20-21-35(24-25-16-18-28(33)29(34)23-25)30(15-13-11-9-7-5-2)26(27)17-19-31(32)36-3;/h16-19,23H,4-15,20-22,24H2,1-3H3;1H/q+1;/p-1. The first-order valence-corrected chi connectivity index (χ1v) is 15.2. The molecule has 0 bridgehead atoms. The predicted octanol–water partition coefficient (Wildman–Crippen LogP) is 6.66. The Labute approximate surface area is 258 Å². The maximum atomic E-state index is 6.43. The van der Waals surface area contributed by atoms with Gasteiger partial charge in [-0.15, -0.1) is 0 Å². The first kappa shape index (κ1) is 33.2. The molecule has 212 valence electrons. The zero-order valence-corrected chi connectivity index (χ0v) is 27.3. The van der Waals surface area contributed by atoms with E-state index in [0.717, 1.165) is 50.5 Å². The van der Waals surface area contributed by atoms with E-state index in [9.17, 15) is 0 Å². The number of unbranched alkanes of at least 4 members (excludes halogenated alkanes) is 9. The van der Waals surface area contributed by atoms with Gasteiger partial charge in [-0.25, -0.2) is 4.58 Å². The van der Waals surface area contributed by atoms with Crippen LogP contribution >= 0.6 is 23.2 Å². The molecular formula is C32H46Cl2INO2. The summed E-state index contributed by atoms with van der Waals surface area (Å²) >= 11 is 12.5. The number of benzene rings is 2. The van der Waals surface area contributed by atoms with Gasteiger partial charge in [-0.3, -0.25) is 0 Å². The molecule has 1 aliphatic rings. The third kappa shape index (κ3) is 9.89. The van der Waals surface area contributed by atoms with Crippen molar-refractivity contribution in [2.75, 3.05) is 20.3 Å². The lowest BCUT2D eigenvalue weighted by molar-refractivity contribution is -0.545. The highest BCUT2D eigenvalue weighted by Gasteiger charge is 2.29. The summed E-state index contributed by atoms with van der Waals surface area (Å²) in [4.78, 5) is 0. The summed E-state index contributed by atoms with van der Waals surface area (Å²) in [6.45, 7) is 7.07. The normalized spacial score (nSPS) is 12.8. The van der Waals surface area contributed by atoms with E-state index in [2.05, 4.69) is 36.6 Å². The minimum Gasteiger partial charge on any atom is -1.00 e. The molecule has 0 amide bonds. The largest absolute Gasteiger partial charge is 1.00 e. The van der Waals surface area contributed by atoms with E-state index in [0.29, 0.717) is 10.0 Å². The van der Waals surface area contributed by atoms with E-state index < -0.39 is 0 Å². The summed E-state index contributed by atoms with van der Waals surface area (Å²) in [7, 11) is 1.75. The Morgan fingerprint density at radius 3 is 2.18 bits per heavy atom. The first-order valence-electron chi connectivity index (χ1n) is 14.5. The van der Waals surface area contributed by atoms with Crippen molar-refractivity contribution in [3.05, 3.63) is 57.1 Å². The van der Waals surface area contributed by atoms with E-state index in [1.54, 1.807) is 7.11 Å². The van der Waals surface area contributed by atoms with Gasteiger partial charge in [0.1, 0.15) is 6.54 Å². The molecule has 0 spiro atoms. The van der Waals surface area contributed by atoms with Gasteiger partial charge in [0, 0.05) is 29.5 Å². The molecule has 3 rings (SSSR count). The Balaban J connectivity index is 0.00000507. The molecule has 0 saturated heterocycles. The quantitative estimate of drug-likeness (QED) is 0.106. The highest BCUT2D eigenvalue weighted by Crippen LogP contribution is 2.37. The molecule has 0 aromatic heterocycles. The Kier molecular flexibility index (Phi) is 16.1. The van der Waals surface area contributed by atoms with Gasteiger partial charge in [0.2, 0.25) is 0 Å². The number of methoxy groups -OCH3 is 1. The fourth-order valence-corrected chi connectivity index (χ4v) is 5.59. The van der Waals surface area contributed by atoms with E-state index in [1.807, 2.05) is 12.1 Å². The summed E-state index contributed by atoms with van der Waals surface area (Å²) in [6.07, 6.45) is 15.9. The minimum atomic E-state index is 0. The van der Waals surface area contributed by atoms with E-state index in [-0.39, 0.29) is 24.0 Å². The van der Waals surface area contributed by atoms with Crippen molar-refractivity contribution >= 4 is 28.9 Å². The Hall–Kier alpha value is -0.980. The van der Waals surface area contributed by atoms with Crippen molar-refractivity contribution < 1.29 is 38.0 Å². The van der Waals surface area contributed by atoms with Crippen LogP contribution in [0.5, 0.6) is 11.5 Å². The number of rotatable bonds is 17. The average Bonchev–Trinajstić information content (AvgIpc) is 2.90. The molecule has 6 heteroatoms. The van der Waals surface area contributed by atoms with Crippen molar-refractivity contribution in [3.63, 3.8) is 0 Å². The molecule has 0 unspecified atom stereocenters. The number of hydrogen-bond donors (Lipinski definition) is 0. The van der Waals surface area contributed by atoms with Crippen molar-refractivity contribution in [2.24, 2.45) is 0 Å². The van der Waals surface area contributed by atoms with Gasteiger partial charge in [0.25, 0.3) is 0 Å². The number of ether oxygens (including phenoxy) is 2. The molecular weight excluding hydrogens is 628 g/mol. The Morgan fingerprint density at radius 2 is 1.50 bits per heavy atom. The highest BCUT2D eigenvalue weighted by molar-refractivity contribution is 6.42. The van der Waals surface area contributed by atoms with Crippen LogP contribution in [0.1, 0.15) is 108 Å². The fourth-order valence-electron chi connectivity index (χ4n) is 5.27. The molecule has 1 heterocycles. The minimum absolute atomic E-state index is 0. The van der Waals surface area contributed by atoms with Gasteiger partial charge in [-0.2, -0.15) is 0 Å². The van der Waals surface area contributed by atoms with Crippen molar-refractivity contribution in [3.8, 4) is 11.5 Å². The lowest BCUT2D eigenvalue weighted by Crippen LogP contribution is -3.00. The molecule has 1 aliphatic heterocycles. The average molecular weight is 675 g/mol. The number of halogens is 3. The molecule has 2 aromatic rings. The number of nitrogens with zero attached hydrogens (tertiary/aromatic N) is 1. The van der Waals surface area contributed by atoms with Crippen LogP contribution < -0.4 is 33.5 Å². The van der Waals surface area contributed by atoms with Gasteiger partial charge in [0.05, 0.1) is 23.8 Å². The SMILES string of the molecule is CCCCCCCCOc1c(OC)ccc2c1CC[N+](Cc1ccc(Cl)c(Cl)c1)=C2CCCCCCC.[I-]. The molecule has 0 atom stereocenters. The van der Waals surface area contributed by atoms with Gasteiger partial charge in [-0.05, 0) is 37.1 Å². The highest BCUT2D eigenvalue weighted by atomic mass is 127. The van der Waals surface area contributed by atoms with Crippen LogP contribution in [-0.4, -0.2) is 30.5 Å². The first-order chi connectivity index (χ1) is 18.1. The van der Waals surface area contributed by atoms with Crippen LogP contribution in [-0.2, 0) is 13.0 Å². The lowest BCUT2D eigenvalue weighted by Gasteiger charge is -2.23. The molecule has 0 aliphatic carbocycles. The van der Waals surface area contributed by atoms with Crippen LogP contribution in [0, 0.1) is 0 Å². The summed E-state index contributed by atoms with van der Waals surface area (Å²) in [5.74, 6) is 1.80. The van der Waals surface area contributed by atoms with Gasteiger partial charge < -0.3 is 33.5 Å². The van der Waals surface area contributed by atoms with E-state index >= 15 is 0 Å². The van der Waals surface area contributed by atoms with Crippen LogP contribution in [0.2, 0.25) is 10.0 Å². The van der Waals surface area contributed by atoms with Gasteiger partial charge in [0.15, 0.2) is 23.8 Å². The maximum Gasteiger partial charge on any atom is 0.184 e. The van der Waals surface area contributed by atoms with Crippen LogP contribution in [0.3, 0.4) is 0 Å². The fraction of sp³-hybridized carbons (Fsp3) is 0.594. The Bertz CT molecular complexity index is 1020. The molecule has 0 N–H and O–H groups in total. The molecule has 2 aromatic carbocycles. The maximum absolute atomic E-state index is 6.43. The monoisotopic (exact) mass is 673 g/mol. The third-order valence-corrected chi connectivity index (χ3v) is 8.13. The predicted molar refractivity (Wildman–Crippen MR) is 158 cm³/mol. The molecule has 0 fully saturated rings.